The van der Waals surface area contributed by atoms with Crippen LogP contribution < -0.4 is 0 Å². The van der Waals surface area contributed by atoms with Gasteiger partial charge in [0, 0.05) is 7.05 Å². The summed E-state index contributed by atoms with van der Waals surface area (Å²) in [5, 5.41) is -1.77. The molecule has 0 saturated heterocycles. The average Bonchev–Trinajstić information content (AvgIpc) is 1.90. The van der Waals surface area contributed by atoms with Crippen LogP contribution in [0.4, 0.5) is 9.59 Å². The van der Waals surface area contributed by atoms with Gasteiger partial charge in [-0.05, 0) is 23.2 Å². The van der Waals surface area contributed by atoms with Crippen molar-refractivity contribution in [2.75, 3.05) is 7.05 Å². The van der Waals surface area contributed by atoms with Crippen molar-refractivity contribution in [3.63, 3.8) is 0 Å². The Morgan fingerprint density at radius 2 is 1.30 bits per heavy atom. The maximum atomic E-state index is 9.97. The molecule has 0 aromatic rings. The normalized spacial score (nSPS) is 7.30. The van der Waals surface area contributed by atoms with Crippen molar-refractivity contribution in [1.82, 2.24) is 4.90 Å². The highest BCUT2D eigenvalue weighted by Crippen LogP contribution is 1.96. The zero-order chi connectivity index (χ0) is 8.73. The van der Waals surface area contributed by atoms with Gasteiger partial charge in [-0.25, -0.2) is 0 Å². The molecule has 2 amide bonds. The van der Waals surface area contributed by atoms with E-state index in [1.54, 1.807) is 0 Å². The Kier molecular flexibility index (Phi) is 8.48. The van der Waals surface area contributed by atoms with Crippen LogP contribution in [-0.2, 0) is 0 Å². The first-order valence-corrected chi connectivity index (χ1v) is 3.44. The van der Waals surface area contributed by atoms with Crippen molar-refractivity contribution >= 4 is 33.9 Å². The van der Waals surface area contributed by atoms with Gasteiger partial charge >= 0.3 is 10.7 Å². The topological polar surface area (TPSA) is 37.4 Å². The summed E-state index contributed by atoms with van der Waals surface area (Å²) in [4.78, 5) is 20.5. The highest BCUT2D eigenvalue weighted by Gasteiger charge is 2.09. The fourth-order valence-electron chi connectivity index (χ4n) is 0.0691. The zero-order valence-electron chi connectivity index (χ0n) is 6.02. The molecule has 0 atom stereocenters. The second kappa shape index (κ2) is 6.83. The summed E-state index contributed by atoms with van der Waals surface area (Å²) in [6, 6.07) is 0. The van der Waals surface area contributed by atoms with Crippen molar-refractivity contribution in [1.29, 1.82) is 0 Å². The Morgan fingerprint density at radius 3 is 1.30 bits per heavy atom. The van der Waals surface area contributed by atoms with Crippen LogP contribution in [0.5, 0.6) is 0 Å². The predicted molar refractivity (Wildman–Crippen MR) is 41.6 cm³/mol. The van der Waals surface area contributed by atoms with Gasteiger partial charge in [-0.1, -0.05) is 13.8 Å². The maximum absolute atomic E-state index is 9.97. The summed E-state index contributed by atoms with van der Waals surface area (Å²) in [6.45, 7) is 4.00. The molecule has 0 N–H and O–H groups in total. The first-order chi connectivity index (χ1) is 4.55. The highest BCUT2D eigenvalue weighted by molar-refractivity contribution is 6.70. The van der Waals surface area contributed by atoms with Gasteiger partial charge < -0.3 is 0 Å². The van der Waals surface area contributed by atoms with Crippen LogP contribution in [-0.4, -0.2) is 22.7 Å². The molecular formula is C5H9Cl2NO2. The van der Waals surface area contributed by atoms with E-state index in [4.69, 9.17) is 23.2 Å². The Labute approximate surface area is 69.9 Å². The molecule has 60 valence electrons. The SMILES string of the molecule is CC.CN(C(=O)Cl)C(=O)Cl. The molecule has 5 heteroatoms. The van der Waals surface area contributed by atoms with E-state index < -0.39 is 10.7 Å². The summed E-state index contributed by atoms with van der Waals surface area (Å²) in [5.74, 6) is 0. The summed E-state index contributed by atoms with van der Waals surface area (Å²) in [5.41, 5.74) is 0. The zero-order valence-corrected chi connectivity index (χ0v) is 7.53. The lowest BCUT2D eigenvalue weighted by molar-refractivity contribution is 0.222. The Balaban J connectivity index is 0. The number of amides is 2. The van der Waals surface area contributed by atoms with Crippen molar-refractivity contribution in [2.24, 2.45) is 0 Å². The Bertz CT molecular complexity index is 113. The third kappa shape index (κ3) is 5.85. The van der Waals surface area contributed by atoms with Crippen molar-refractivity contribution < 1.29 is 9.59 Å². The predicted octanol–water partition coefficient (Wildman–Crippen LogP) is 2.66. The molecule has 0 unspecified atom stereocenters. The van der Waals surface area contributed by atoms with Gasteiger partial charge in [0.2, 0.25) is 0 Å². The number of imide groups is 1. The number of hydrogen-bond donors (Lipinski definition) is 0. The smallest absolute Gasteiger partial charge is 0.258 e. The minimum Gasteiger partial charge on any atom is -0.258 e. The van der Waals surface area contributed by atoms with Crippen molar-refractivity contribution in [3.8, 4) is 0 Å². The third-order valence-corrected chi connectivity index (χ3v) is 1.03. The fourth-order valence-corrected chi connectivity index (χ4v) is 0.266. The van der Waals surface area contributed by atoms with E-state index >= 15 is 0 Å². The quantitative estimate of drug-likeness (QED) is 0.430. The van der Waals surface area contributed by atoms with Gasteiger partial charge in [0.05, 0.1) is 0 Å². The lowest BCUT2D eigenvalue weighted by atomic mass is 10.9. The maximum Gasteiger partial charge on any atom is 0.323 e. The Hall–Kier alpha value is -0.280. The van der Waals surface area contributed by atoms with Gasteiger partial charge in [0.25, 0.3) is 0 Å². The van der Waals surface area contributed by atoms with Crippen molar-refractivity contribution in [2.45, 2.75) is 13.8 Å². The molecule has 0 heterocycles. The van der Waals surface area contributed by atoms with Crippen LogP contribution in [0.1, 0.15) is 13.8 Å². The number of nitrogens with zero attached hydrogens (tertiary/aromatic N) is 1. The largest absolute Gasteiger partial charge is 0.323 e. The lowest BCUT2D eigenvalue weighted by Crippen LogP contribution is -2.22. The first kappa shape index (κ1) is 12.4. The molecule has 0 saturated carbocycles. The molecule has 0 rings (SSSR count). The summed E-state index contributed by atoms with van der Waals surface area (Å²) >= 11 is 9.61. The molecular weight excluding hydrogens is 177 g/mol. The molecule has 3 nitrogen and oxygen atoms in total. The molecule has 0 bridgehead atoms. The van der Waals surface area contributed by atoms with Crippen LogP contribution in [0.2, 0.25) is 0 Å². The number of carbonyl (C=O) groups excluding carboxylic acids is 2. The van der Waals surface area contributed by atoms with Crippen LogP contribution in [0, 0.1) is 0 Å². The number of halogens is 2. The monoisotopic (exact) mass is 185 g/mol. The minimum absolute atomic E-state index is 0.586. The highest BCUT2D eigenvalue weighted by atomic mass is 35.5. The van der Waals surface area contributed by atoms with E-state index in [9.17, 15) is 9.59 Å². The average molecular weight is 186 g/mol. The van der Waals surface area contributed by atoms with E-state index in [0.29, 0.717) is 4.90 Å². The molecule has 10 heavy (non-hydrogen) atoms. The molecule has 0 fully saturated rings. The Morgan fingerprint density at radius 1 is 1.10 bits per heavy atom. The van der Waals surface area contributed by atoms with Crippen LogP contribution >= 0.6 is 23.2 Å². The van der Waals surface area contributed by atoms with Crippen LogP contribution in [0.25, 0.3) is 0 Å². The summed E-state index contributed by atoms with van der Waals surface area (Å²) in [7, 11) is 1.19. The molecule has 0 spiro atoms. The third-order valence-electron chi connectivity index (χ3n) is 0.527. The minimum atomic E-state index is -0.884. The van der Waals surface area contributed by atoms with E-state index in [0.717, 1.165) is 0 Å². The second-order valence-electron chi connectivity index (χ2n) is 1.06. The van der Waals surface area contributed by atoms with E-state index in [-0.39, 0.29) is 0 Å². The van der Waals surface area contributed by atoms with Crippen LogP contribution in [0.15, 0.2) is 0 Å². The van der Waals surface area contributed by atoms with Gasteiger partial charge in [-0.15, -0.1) is 0 Å². The molecule has 0 aromatic carbocycles. The van der Waals surface area contributed by atoms with E-state index in [2.05, 4.69) is 0 Å². The number of rotatable bonds is 0. The van der Waals surface area contributed by atoms with Gasteiger partial charge in [0.15, 0.2) is 0 Å². The molecule has 0 aromatic heterocycles. The van der Waals surface area contributed by atoms with E-state index in [1.807, 2.05) is 13.8 Å². The molecule has 0 aliphatic heterocycles. The summed E-state index contributed by atoms with van der Waals surface area (Å²) in [6.07, 6.45) is 0. The molecule has 0 radical (unpaired) electrons. The summed E-state index contributed by atoms with van der Waals surface area (Å²) < 4.78 is 0. The van der Waals surface area contributed by atoms with Crippen molar-refractivity contribution in [3.05, 3.63) is 0 Å². The van der Waals surface area contributed by atoms with E-state index in [1.165, 1.54) is 7.05 Å². The van der Waals surface area contributed by atoms with Crippen LogP contribution in [0.3, 0.4) is 0 Å². The lowest BCUT2D eigenvalue weighted by Gasteiger charge is -2.02. The number of hydrogen-bond acceptors (Lipinski definition) is 2. The molecule has 0 aliphatic carbocycles. The number of carbonyl (C=O) groups is 2. The fraction of sp³-hybridized carbons (Fsp3) is 0.600. The van der Waals surface area contributed by atoms with Gasteiger partial charge in [0.1, 0.15) is 0 Å². The van der Waals surface area contributed by atoms with Gasteiger partial charge in [-0.2, -0.15) is 0 Å². The second-order valence-corrected chi connectivity index (χ2v) is 1.71. The van der Waals surface area contributed by atoms with Gasteiger partial charge in [-0.3, -0.25) is 14.5 Å². The first-order valence-electron chi connectivity index (χ1n) is 2.68. The molecule has 0 aliphatic rings. The standard InChI is InChI=1S/C3H3Cl2NO2.C2H6/c1-6(2(4)7)3(5)8;1-2/h1H3;1-2H3.